The van der Waals surface area contributed by atoms with E-state index in [2.05, 4.69) is 20.3 Å². The molecular weight excluding hydrogens is 742 g/mol. The number of aromatic amines is 2. The number of nitrogens with zero attached hydrogens (tertiary/aromatic N) is 5. The van der Waals surface area contributed by atoms with Gasteiger partial charge in [-0.15, -0.1) is 0 Å². The quantitative estimate of drug-likeness (QED) is 0.126. The minimum atomic E-state index is -0.747. The first-order chi connectivity index (χ1) is 28.1. The zero-order valence-corrected chi connectivity index (χ0v) is 33.0. The number of nitrogens with one attached hydrogen (secondary N) is 3. The molecule has 0 unspecified atom stereocenters. The summed E-state index contributed by atoms with van der Waals surface area (Å²) in [7, 11) is 1.26. The largest absolute Gasteiger partial charge is 0.453 e. The van der Waals surface area contributed by atoms with Crippen LogP contribution in [-0.4, -0.2) is 98.1 Å². The third-order valence-corrected chi connectivity index (χ3v) is 11.9. The Bertz CT molecular complexity index is 2300. The van der Waals surface area contributed by atoms with Gasteiger partial charge < -0.3 is 40.3 Å². The van der Waals surface area contributed by atoms with Crippen LogP contribution in [0.15, 0.2) is 60.9 Å². The molecule has 4 atom stereocenters. The van der Waals surface area contributed by atoms with Crippen LogP contribution in [0.1, 0.15) is 76.1 Å². The molecule has 0 radical (unpaired) electrons. The van der Waals surface area contributed by atoms with Crippen molar-refractivity contribution in [3.63, 3.8) is 0 Å². The van der Waals surface area contributed by atoms with Crippen LogP contribution in [0.25, 0.3) is 44.7 Å². The molecule has 3 saturated heterocycles. The second-order valence-electron chi connectivity index (χ2n) is 15.9. The lowest BCUT2D eigenvalue weighted by Crippen LogP contribution is -2.51. The number of hydrogen-bond acceptors (Lipinski definition) is 9. The van der Waals surface area contributed by atoms with Crippen LogP contribution < -0.4 is 11.1 Å². The van der Waals surface area contributed by atoms with Crippen molar-refractivity contribution in [3.8, 4) is 33.8 Å². The number of pyridine rings is 1. The molecule has 6 heterocycles. The maximum atomic E-state index is 15.8. The fourth-order valence-electron chi connectivity index (χ4n) is 8.62. The van der Waals surface area contributed by atoms with E-state index in [0.717, 1.165) is 60.1 Å². The number of carbonyl (C=O) groups is 3. The number of aromatic nitrogens is 5. The first-order valence-electron chi connectivity index (χ1n) is 20.2. The topological polar surface area (TPSA) is 184 Å². The number of halogens is 1. The molecule has 304 valence electrons. The number of rotatable bonds is 10. The van der Waals surface area contributed by atoms with Crippen molar-refractivity contribution in [2.24, 2.45) is 17.6 Å². The number of methoxy groups -OCH3 is 1. The molecule has 5 aromatic rings. The Morgan fingerprint density at radius 1 is 0.862 bits per heavy atom. The van der Waals surface area contributed by atoms with Crippen molar-refractivity contribution in [1.29, 1.82) is 0 Å². The van der Waals surface area contributed by atoms with E-state index in [4.69, 9.17) is 25.2 Å². The Balaban J connectivity index is 0.950. The third kappa shape index (κ3) is 7.80. The molecule has 14 nitrogen and oxygen atoms in total. The van der Waals surface area contributed by atoms with E-state index in [-0.39, 0.29) is 35.7 Å². The Kier molecular flexibility index (Phi) is 11.3. The van der Waals surface area contributed by atoms with Gasteiger partial charge in [0.1, 0.15) is 23.5 Å². The summed E-state index contributed by atoms with van der Waals surface area (Å²) in [6.07, 6.45) is 7.53. The molecule has 3 aliphatic heterocycles. The highest BCUT2D eigenvalue weighted by molar-refractivity contribution is 5.87. The molecule has 3 fully saturated rings. The zero-order valence-electron chi connectivity index (χ0n) is 33.0. The second kappa shape index (κ2) is 16.7. The van der Waals surface area contributed by atoms with Crippen molar-refractivity contribution in [1.82, 2.24) is 40.0 Å². The Morgan fingerprint density at radius 2 is 1.52 bits per heavy atom. The Hall–Kier alpha value is -5.67. The molecule has 8 rings (SSSR count). The van der Waals surface area contributed by atoms with Crippen molar-refractivity contribution >= 4 is 28.8 Å². The van der Waals surface area contributed by atoms with Gasteiger partial charge in [-0.25, -0.2) is 24.1 Å². The minimum Gasteiger partial charge on any atom is -0.453 e. The SMILES string of the molecule is COC(=O)N[C@H](C(=O)N1CCC[C@H]1c1ncc(-c2ccc(-c3ccc4cc(-c5cnc([C@@H]6CCCN6C(=O)[C@@H](N)C6CCOCC6)[nH]5)ccc4n3)cc2F)[nH]1)C(C)C. The van der Waals surface area contributed by atoms with Crippen molar-refractivity contribution in [2.75, 3.05) is 33.4 Å². The van der Waals surface area contributed by atoms with Gasteiger partial charge in [0.15, 0.2) is 0 Å². The highest BCUT2D eigenvalue weighted by Crippen LogP contribution is 2.36. The predicted octanol–water partition coefficient (Wildman–Crippen LogP) is 6.28. The molecule has 3 amide bonds. The number of ether oxygens (including phenoxy) is 2. The first-order valence-corrected chi connectivity index (χ1v) is 20.2. The van der Waals surface area contributed by atoms with Crippen molar-refractivity contribution < 1.29 is 28.2 Å². The number of H-pyrrole nitrogens is 2. The van der Waals surface area contributed by atoms with Crippen LogP contribution in [0.3, 0.4) is 0 Å². The number of alkyl carbamates (subject to hydrolysis) is 1. The number of hydrogen-bond donors (Lipinski definition) is 4. The lowest BCUT2D eigenvalue weighted by molar-refractivity contribution is -0.136. The Labute approximate surface area is 336 Å². The van der Waals surface area contributed by atoms with Gasteiger partial charge in [0.05, 0.1) is 60.2 Å². The van der Waals surface area contributed by atoms with Gasteiger partial charge in [-0.3, -0.25) is 9.59 Å². The molecule has 2 aromatic carbocycles. The van der Waals surface area contributed by atoms with Gasteiger partial charge in [0, 0.05) is 48.4 Å². The smallest absolute Gasteiger partial charge is 0.407 e. The summed E-state index contributed by atoms with van der Waals surface area (Å²) in [6.45, 7) is 6.21. The third-order valence-electron chi connectivity index (χ3n) is 11.9. The number of likely N-dealkylation sites (tertiary alicyclic amines) is 2. The summed E-state index contributed by atoms with van der Waals surface area (Å²) in [6, 6.07) is 13.1. The molecule has 3 aliphatic rings. The number of benzene rings is 2. The van der Waals surface area contributed by atoms with Gasteiger partial charge in [0.25, 0.3) is 0 Å². The standard InChI is InChI=1S/C43H50FN9O5/c1-24(2)38(51-43(56)57-3)42(55)53-17-5-7-36(53)40-47-23-34(50-40)29-11-8-28(21-30(29)44)32-12-9-26-20-27(10-13-31(26)48-32)33-22-46-39(49-33)35-6-4-16-52(35)41(54)37(45)25-14-18-58-19-15-25/h8-13,20-25,35-38H,4-7,14-19,45H2,1-3H3,(H,46,49)(H,47,50)(H,51,56)/t35-,36-,37-,38-/m0/s1. The normalized spacial score (nSPS) is 19.8. The lowest BCUT2D eigenvalue weighted by Gasteiger charge is -2.32. The van der Waals surface area contributed by atoms with Gasteiger partial charge in [-0.05, 0) is 80.7 Å². The summed E-state index contributed by atoms with van der Waals surface area (Å²) >= 11 is 0. The summed E-state index contributed by atoms with van der Waals surface area (Å²) in [5, 5.41) is 3.57. The highest BCUT2D eigenvalue weighted by atomic mass is 19.1. The van der Waals surface area contributed by atoms with Crippen molar-refractivity contribution in [3.05, 3.63) is 78.4 Å². The van der Waals surface area contributed by atoms with Crippen LogP contribution in [0.5, 0.6) is 0 Å². The van der Waals surface area contributed by atoms with E-state index >= 15 is 4.39 Å². The van der Waals surface area contributed by atoms with Gasteiger partial charge in [-0.2, -0.15) is 0 Å². The zero-order chi connectivity index (χ0) is 40.5. The molecule has 0 aliphatic carbocycles. The maximum absolute atomic E-state index is 15.8. The van der Waals surface area contributed by atoms with Gasteiger partial charge in [0.2, 0.25) is 11.8 Å². The fraction of sp³-hybridized carbons (Fsp3) is 0.442. The molecule has 0 saturated carbocycles. The fourth-order valence-corrected chi connectivity index (χ4v) is 8.62. The van der Waals surface area contributed by atoms with Crippen LogP contribution in [0.4, 0.5) is 9.18 Å². The number of nitrogens with two attached hydrogens (primary N) is 1. The highest BCUT2D eigenvalue weighted by Gasteiger charge is 2.39. The van der Waals surface area contributed by atoms with E-state index in [9.17, 15) is 14.4 Å². The molecule has 15 heteroatoms. The van der Waals surface area contributed by atoms with Crippen LogP contribution >= 0.6 is 0 Å². The summed E-state index contributed by atoms with van der Waals surface area (Å²) in [5.41, 5.74) is 11.1. The lowest BCUT2D eigenvalue weighted by atomic mass is 9.91. The van der Waals surface area contributed by atoms with Gasteiger partial charge >= 0.3 is 6.09 Å². The van der Waals surface area contributed by atoms with E-state index < -0.39 is 24.0 Å². The van der Waals surface area contributed by atoms with E-state index in [0.29, 0.717) is 61.1 Å². The second-order valence-corrected chi connectivity index (χ2v) is 15.9. The average Bonchev–Trinajstić information content (AvgIpc) is 4.09. The maximum Gasteiger partial charge on any atom is 0.407 e. The van der Waals surface area contributed by atoms with E-state index in [1.54, 1.807) is 23.4 Å². The van der Waals surface area contributed by atoms with Crippen LogP contribution in [0.2, 0.25) is 0 Å². The summed E-state index contributed by atoms with van der Waals surface area (Å²) in [5.74, 6) is 0.638. The van der Waals surface area contributed by atoms with Gasteiger partial charge in [-0.1, -0.05) is 32.0 Å². The molecule has 5 N–H and O–H groups in total. The van der Waals surface area contributed by atoms with Crippen LogP contribution in [-0.2, 0) is 19.1 Å². The summed E-state index contributed by atoms with van der Waals surface area (Å²) < 4.78 is 26.0. The number of amides is 3. The van der Waals surface area contributed by atoms with E-state index in [1.165, 1.54) is 13.2 Å². The molecule has 0 spiro atoms. The molecule has 3 aromatic heterocycles. The summed E-state index contributed by atoms with van der Waals surface area (Å²) in [4.78, 5) is 63.4. The molecular formula is C43H50FN9O5. The van der Waals surface area contributed by atoms with Crippen molar-refractivity contribution in [2.45, 2.75) is 76.5 Å². The Morgan fingerprint density at radius 3 is 2.19 bits per heavy atom. The van der Waals surface area contributed by atoms with E-state index in [1.807, 2.05) is 55.1 Å². The first kappa shape index (κ1) is 39.2. The predicted molar refractivity (Wildman–Crippen MR) is 215 cm³/mol. The molecule has 0 bridgehead atoms. The average molecular weight is 792 g/mol. The number of imidazole rings is 2. The number of carbonyl (C=O) groups excluding carboxylic acids is 3. The molecule has 58 heavy (non-hydrogen) atoms. The van der Waals surface area contributed by atoms with Crippen LogP contribution in [0, 0.1) is 17.7 Å². The number of fused-ring (bicyclic) bond motifs is 1. The monoisotopic (exact) mass is 791 g/mol. The minimum absolute atomic E-state index is 0.0150.